The number of nitrogens with zero attached hydrogens (tertiary/aromatic N) is 1. The highest BCUT2D eigenvalue weighted by atomic mass is 79.9. The van der Waals surface area contributed by atoms with Gasteiger partial charge in [-0.15, -0.1) is 0 Å². The number of rotatable bonds is 4. The summed E-state index contributed by atoms with van der Waals surface area (Å²) in [5.41, 5.74) is 0.639. The van der Waals surface area contributed by atoms with Crippen LogP contribution in [0.1, 0.15) is 23.2 Å². The fourth-order valence-corrected chi connectivity index (χ4v) is 2.15. The number of piperidine rings is 1. The van der Waals surface area contributed by atoms with Gasteiger partial charge in [0.05, 0.1) is 6.61 Å². The van der Waals surface area contributed by atoms with Gasteiger partial charge < -0.3 is 9.64 Å². The average Bonchev–Trinajstić information content (AvgIpc) is 2.46. The minimum atomic E-state index is -0.0143. The average molecular weight is 326 g/mol. The number of alkyl halides is 1. The highest BCUT2D eigenvalue weighted by Crippen LogP contribution is 2.16. The summed E-state index contributed by atoms with van der Waals surface area (Å²) >= 11 is 3.29. The molecule has 5 heteroatoms. The summed E-state index contributed by atoms with van der Waals surface area (Å²) in [6.07, 6.45) is 0.941. The maximum Gasteiger partial charge on any atom is 0.253 e. The summed E-state index contributed by atoms with van der Waals surface area (Å²) in [6.45, 7) is 1.65. The van der Waals surface area contributed by atoms with Crippen molar-refractivity contribution in [3.05, 3.63) is 29.8 Å². The molecule has 1 saturated heterocycles. The molecule has 0 aliphatic carbocycles. The van der Waals surface area contributed by atoms with E-state index < -0.39 is 0 Å². The Morgan fingerprint density at radius 2 is 1.84 bits per heavy atom. The molecule has 1 heterocycles. The lowest BCUT2D eigenvalue weighted by molar-refractivity contribution is -0.120. The Labute approximate surface area is 120 Å². The number of amides is 1. The zero-order chi connectivity index (χ0) is 13.7. The molecule has 0 unspecified atom stereocenters. The van der Waals surface area contributed by atoms with Gasteiger partial charge in [-0.05, 0) is 24.3 Å². The van der Waals surface area contributed by atoms with Crippen molar-refractivity contribution >= 4 is 27.6 Å². The van der Waals surface area contributed by atoms with Crippen molar-refractivity contribution in [1.82, 2.24) is 4.90 Å². The van der Waals surface area contributed by atoms with Crippen LogP contribution in [-0.2, 0) is 4.79 Å². The summed E-state index contributed by atoms with van der Waals surface area (Å²) in [7, 11) is 0. The van der Waals surface area contributed by atoms with Gasteiger partial charge in [-0.2, -0.15) is 0 Å². The molecule has 1 aliphatic rings. The number of hydrogen-bond donors (Lipinski definition) is 0. The Bertz CT molecular complexity index is 448. The first-order valence-electron chi connectivity index (χ1n) is 6.30. The maximum atomic E-state index is 12.2. The lowest BCUT2D eigenvalue weighted by Gasteiger charge is -2.26. The van der Waals surface area contributed by atoms with E-state index in [1.165, 1.54) is 0 Å². The Hall–Kier alpha value is -1.36. The molecule has 1 aliphatic heterocycles. The molecule has 1 aromatic carbocycles. The Morgan fingerprint density at radius 1 is 1.21 bits per heavy atom. The first kappa shape index (κ1) is 14.1. The number of Topliss-reactive ketones (excluding diaryl/α,β-unsaturated/α-hetero) is 1. The highest BCUT2D eigenvalue weighted by Gasteiger charge is 2.21. The zero-order valence-corrected chi connectivity index (χ0v) is 12.2. The van der Waals surface area contributed by atoms with Crippen LogP contribution < -0.4 is 4.74 Å². The van der Waals surface area contributed by atoms with E-state index in [-0.39, 0.29) is 11.7 Å². The smallest absolute Gasteiger partial charge is 0.253 e. The molecule has 0 aromatic heterocycles. The Balaban J connectivity index is 1.97. The largest absolute Gasteiger partial charge is 0.493 e. The van der Waals surface area contributed by atoms with Crippen LogP contribution in [0.2, 0.25) is 0 Å². The van der Waals surface area contributed by atoms with Gasteiger partial charge in [0.25, 0.3) is 5.91 Å². The number of halogens is 1. The number of benzene rings is 1. The van der Waals surface area contributed by atoms with Gasteiger partial charge in [-0.25, -0.2) is 0 Å². The predicted molar refractivity (Wildman–Crippen MR) is 75.9 cm³/mol. The second-order valence-corrected chi connectivity index (χ2v) is 5.19. The van der Waals surface area contributed by atoms with Gasteiger partial charge in [-0.3, -0.25) is 9.59 Å². The van der Waals surface area contributed by atoms with Gasteiger partial charge in [0.15, 0.2) is 0 Å². The minimum absolute atomic E-state index is 0.0143. The molecular weight excluding hydrogens is 310 g/mol. The molecule has 1 fully saturated rings. The van der Waals surface area contributed by atoms with E-state index in [2.05, 4.69) is 15.9 Å². The lowest BCUT2D eigenvalue weighted by atomic mass is 10.1. The van der Waals surface area contributed by atoms with Crippen molar-refractivity contribution in [2.24, 2.45) is 0 Å². The molecule has 1 aromatic rings. The van der Waals surface area contributed by atoms with Crippen molar-refractivity contribution < 1.29 is 14.3 Å². The molecule has 0 N–H and O–H groups in total. The van der Waals surface area contributed by atoms with Crippen molar-refractivity contribution in [1.29, 1.82) is 0 Å². The highest BCUT2D eigenvalue weighted by molar-refractivity contribution is 9.09. The first-order valence-corrected chi connectivity index (χ1v) is 7.42. The molecule has 1 amide bonds. The molecule has 0 saturated carbocycles. The monoisotopic (exact) mass is 325 g/mol. The summed E-state index contributed by atoms with van der Waals surface area (Å²) < 4.78 is 5.43. The second-order valence-electron chi connectivity index (χ2n) is 4.39. The third-order valence-corrected chi connectivity index (χ3v) is 3.38. The van der Waals surface area contributed by atoms with E-state index in [1.54, 1.807) is 29.2 Å². The normalized spacial score (nSPS) is 15.4. The van der Waals surface area contributed by atoms with Crippen molar-refractivity contribution in [3.63, 3.8) is 0 Å². The second kappa shape index (κ2) is 6.70. The minimum Gasteiger partial charge on any atom is -0.493 e. The fourth-order valence-electron chi connectivity index (χ4n) is 1.99. The summed E-state index contributed by atoms with van der Waals surface area (Å²) in [5, 5.41) is 0.773. The fraction of sp³-hybridized carbons (Fsp3) is 0.429. The van der Waals surface area contributed by atoms with Crippen LogP contribution in [0.3, 0.4) is 0 Å². The molecule has 19 heavy (non-hydrogen) atoms. The van der Waals surface area contributed by atoms with Gasteiger partial charge in [0, 0.05) is 36.8 Å². The molecule has 0 spiro atoms. The zero-order valence-electron chi connectivity index (χ0n) is 10.6. The molecule has 102 valence electrons. The van der Waals surface area contributed by atoms with E-state index in [9.17, 15) is 9.59 Å². The van der Waals surface area contributed by atoms with Gasteiger partial charge in [0.2, 0.25) is 0 Å². The lowest BCUT2D eigenvalue weighted by Crippen LogP contribution is -2.38. The van der Waals surface area contributed by atoms with Crippen LogP contribution >= 0.6 is 15.9 Å². The van der Waals surface area contributed by atoms with Crippen LogP contribution in [0.5, 0.6) is 5.75 Å². The topological polar surface area (TPSA) is 46.6 Å². The summed E-state index contributed by atoms with van der Waals surface area (Å²) in [6, 6.07) is 7.13. The number of likely N-dealkylation sites (tertiary alicyclic amines) is 1. The first-order chi connectivity index (χ1) is 9.20. The maximum absolute atomic E-state index is 12.2. The molecule has 2 rings (SSSR count). The van der Waals surface area contributed by atoms with E-state index in [1.807, 2.05) is 0 Å². The van der Waals surface area contributed by atoms with Crippen molar-refractivity contribution in [3.8, 4) is 5.75 Å². The quantitative estimate of drug-likeness (QED) is 0.798. The molecule has 0 radical (unpaired) electrons. The van der Waals surface area contributed by atoms with Crippen molar-refractivity contribution in [2.45, 2.75) is 12.8 Å². The summed E-state index contributed by atoms with van der Waals surface area (Å²) in [4.78, 5) is 25.1. The number of ether oxygens (including phenoxy) is 1. The van der Waals surface area contributed by atoms with E-state index >= 15 is 0 Å². The van der Waals surface area contributed by atoms with Crippen LogP contribution in [-0.4, -0.2) is 41.6 Å². The van der Waals surface area contributed by atoms with Gasteiger partial charge in [0.1, 0.15) is 11.5 Å². The molecule has 0 bridgehead atoms. The number of hydrogen-bond acceptors (Lipinski definition) is 3. The summed E-state index contributed by atoms with van der Waals surface area (Å²) in [5.74, 6) is 0.979. The SMILES string of the molecule is O=C1CCN(C(=O)c2ccc(OCCBr)cc2)CC1. The predicted octanol–water partition coefficient (Wildman–Crippen LogP) is 2.27. The van der Waals surface area contributed by atoms with E-state index in [4.69, 9.17) is 4.74 Å². The molecule has 0 atom stereocenters. The molecule has 4 nitrogen and oxygen atoms in total. The van der Waals surface area contributed by atoms with Crippen LogP contribution in [0.25, 0.3) is 0 Å². The van der Waals surface area contributed by atoms with Crippen LogP contribution in [0, 0.1) is 0 Å². The Morgan fingerprint density at radius 3 is 2.42 bits per heavy atom. The number of ketones is 1. The van der Waals surface area contributed by atoms with Crippen molar-refractivity contribution in [2.75, 3.05) is 25.0 Å². The third-order valence-electron chi connectivity index (χ3n) is 3.06. The standard InChI is InChI=1S/C14H16BrNO3/c15-7-10-19-13-3-1-11(2-4-13)14(18)16-8-5-12(17)6-9-16/h1-4H,5-10H2. The van der Waals surface area contributed by atoms with Crippen LogP contribution in [0.4, 0.5) is 0 Å². The van der Waals surface area contributed by atoms with Gasteiger partial charge >= 0.3 is 0 Å². The number of carbonyl (C=O) groups is 2. The van der Waals surface area contributed by atoms with Crippen LogP contribution in [0.15, 0.2) is 24.3 Å². The van der Waals surface area contributed by atoms with E-state index in [0.717, 1.165) is 11.1 Å². The third kappa shape index (κ3) is 3.80. The van der Waals surface area contributed by atoms with Gasteiger partial charge in [-0.1, -0.05) is 15.9 Å². The number of carbonyl (C=O) groups excluding carboxylic acids is 2. The Kier molecular flexibility index (Phi) is 4.96. The molecular formula is C14H16BrNO3. The van der Waals surface area contributed by atoms with E-state index in [0.29, 0.717) is 38.1 Å².